The molecule has 0 saturated carbocycles. The Morgan fingerprint density at radius 2 is 2.21 bits per heavy atom. The van der Waals surface area contributed by atoms with E-state index in [1.807, 2.05) is 0 Å². The molecule has 14 heavy (non-hydrogen) atoms. The molecule has 4 nitrogen and oxygen atoms in total. The van der Waals surface area contributed by atoms with E-state index in [4.69, 9.17) is 0 Å². The maximum atomic E-state index is 12.4. The van der Waals surface area contributed by atoms with Crippen molar-refractivity contribution in [3.63, 3.8) is 0 Å². The maximum Gasteiger partial charge on any atom is 0.283 e. The summed E-state index contributed by atoms with van der Waals surface area (Å²) < 4.78 is 24.9. The molecule has 0 radical (unpaired) electrons. The van der Waals surface area contributed by atoms with Gasteiger partial charge in [-0.15, -0.1) is 0 Å². The van der Waals surface area contributed by atoms with E-state index in [2.05, 4.69) is 20.9 Å². The SMILES string of the molecule is O=[N+]([O-])c1cc(Br)nc(I)c1C(F)F. The van der Waals surface area contributed by atoms with Crippen molar-refractivity contribution in [2.24, 2.45) is 0 Å². The summed E-state index contributed by atoms with van der Waals surface area (Å²) in [6.07, 6.45) is -2.90. The molecule has 0 saturated heterocycles. The van der Waals surface area contributed by atoms with Gasteiger partial charge in [0.25, 0.3) is 12.1 Å². The highest BCUT2D eigenvalue weighted by molar-refractivity contribution is 14.1. The highest BCUT2D eigenvalue weighted by Gasteiger charge is 2.26. The molecule has 0 amide bonds. The first-order valence-corrected chi connectivity index (χ1v) is 5.09. The predicted molar refractivity (Wildman–Crippen MR) is 56.3 cm³/mol. The van der Waals surface area contributed by atoms with Gasteiger partial charge in [0.1, 0.15) is 13.9 Å². The summed E-state index contributed by atoms with van der Waals surface area (Å²) in [7, 11) is 0. The predicted octanol–water partition coefficient (Wildman–Crippen LogP) is 3.29. The lowest BCUT2D eigenvalue weighted by Gasteiger charge is -2.03. The Labute approximate surface area is 99.1 Å². The van der Waals surface area contributed by atoms with Crippen molar-refractivity contribution in [1.29, 1.82) is 0 Å². The second-order valence-corrected chi connectivity index (χ2v) is 4.06. The third kappa shape index (κ3) is 2.35. The first-order valence-electron chi connectivity index (χ1n) is 3.22. The number of aromatic nitrogens is 1. The van der Waals surface area contributed by atoms with E-state index in [1.54, 1.807) is 0 Å². The molecule has 0 aliphatic rings. The quantitative estimate of drug-likeness (QED) is 0.343. The molecule has 0 aliphatic carbocycles. The van der Waals surface area contributed by atoms with E-state index in [0.717, 1.165) is 6.07 Å². The van der Waals surface area contributed by atoms with E-state index in [-0.39, 0.29) is 8.30 Å². The van der Waals surface area contributed by atoms with Crippen LogP contribution in [0.3, 0.4) is 0 Å². The number of nitro groups is 1. The number of alkyl halides is 2. The van der Waals surface area contributed by atoms with Crippen LogP contribution in [-0.4, -0.2) is 9.91 Å². The molecule has 1 rings (SSSR count). The van der Waals surface area contributed by atoms with Crippen LogP contribution in [0.15, 0.2) is 10.7 Å². The third-order valence-electron chi connectivity index (χ3n) is 1.37. The van der Waals surface area contributed by atoms with Crippen molar-refractivity contribution in [3.05, 3.63) is 30.0 Å². The molecular formula is C6H2BrF2IN2O2. The number of rotatable bonds is 2. The summed E-state index contributed by atoms with van der Waals surface area (Å²) in [4.78, 5) is 13.3. The molecule has 0 aromatic carbocycles. The van der Waals surface area contributed by atoms with Crippen LogP contribution in [0, 0.1) is 13.8 Å². The zero-order valence-electron chi connectivity index (χ0n) is 6.38. The van der Waals surface area contributed by atoms with Crippen molar-refractivity contribution in [2.45, 2.75) is 6.43 Å². The van der Waals surface area contributed by atoms with Gasteiger partial charge in [0, 0.05) is 6.07 Å². The lowest BCUT2D eigenvalue weighted by atomic mass is 10.2. The Balaban J connectivity index is 3.44. The fraction of sp³-hybridized carbons (Fsp3) is 0.167. The largest absolute Gasteiger partial charge is 0.283 e. The average molecular weight is 379 g/mol. The number of halogens is 4. The zero-order valence-corrected chi connectivity index (χ0v) is 10.1. The second kappa shape index (κ2) is 4.43. The van der Waals surface area contributed by atoms with E-state index < -0.39 is 22.6 Å². The van der Waals surface area contributed by atoms with Crippen molar-refractivity contribution >= 4 is 44.2 Å². The standard InChI is InChI=1S/C6H2BrF2IN2O2/c7-3-1-2(12(13)14)4(5(8)9)6(10)11-3/h1,5H. The lowest BCUT2D eigenvalue weighted by Crippen LogP contribution is -2.01. The minimum atomic E-state index is -2.90. The molecule has 1 aromatic rings. The third-order valence-corrected chi connectivity index (χ3v) is 2.60. The van der Waals surface area contributed by atoms with Crippen LogP contribution in [0.2, 0.25) is 0 Å². The molecule has 0 unspecified atom stereocenters. The van der Waals surface area contributed by atoms with Gasteiger partial charge in [0.05, 0.1) is 4.92 Å². The minimum Gasteiger partial charge on any atom is -0.258 e. The van der Waals surface area contributed by atoms with E-state index >= 15 is 0 Å². The van der Waals surface area contributed by atoms with E-state index in [9.17, 15) is 18.9 Å². The maximum absolute atomic E-state index is 12.4. The Morgan fingerprint density at radius 1 is 1.64 bits per heavy atom. The van der Waals surface area contributed by atoms with Gasteiger partial charge in [-0.2, -0.15) is 0 Å². The molecule has 1 heterocycles. The lowest BCUT2D eigenvalue weighted by molar-refractivity contribution is -0.386. The summed E-state index contributed by atoms with van der Waals surface area (Å²) in [5.74, 6) is 0. The first kappa shape index (κ1) is 11.7. The van der Waals surface area contributed by atoms with Crippen LogP contribution in [0.1, 0.15) is 12.0 Å². The fourth-order valence-electron chi connectivity index (χ4n) is 0.835. The van der Waals surface area contributed by atoms with Gasteiger partial charge >= 0.3 is 0 Å². The minimum absolute atomic E-state index is 0.0707. The van der Waals surface area contributed by atoms with Gasteiger partial charge in [-0.3, -0.25) is 10.1 Å². The highest BCUT2D eigenvalue weighted by atomic mass is 127. The summed E-state index contributed by atoms with van der Waals surface area (Å²) in [6.45, 7) is 0. The smallest absolute Gasteiger partial charge is 0.258 e. The number of hydrogen-bond donors (Lipinski definition) is 0. The molecule has 1 aromatic heterocycles. The topological polar surface area (TPSA) is 56.0 Å². The van der Waals surface area contributed by atoms with Crippen LogP contribution in [0.4, 0.5) is 14.5 Å². The molecule has 76 valence electrons. The summed E-state index contributed by atoms with van der Waals surface area (Å²) in [6, 6.07) is 0.962. The van der Waals surface area contributed by atoms with Crippen molar-refractivity contribution in [3.8, 4) is 0 Å². The van der Waals surface area contributed by atoms with Crippen LogP contribution in [0.25, 0.3) is 0 Å². The second-order valence-electron chi connectivity index (χ2n) is 2.23. The van der Waals surface area contributed by atoms with Crippen LogP contribution in [-0.2, 0) is 0 Å². The first-order chi connectivity index (χ1) is 6.43. The van der Waals surface area contributed by atoms with Gasteiger partial charge in [-0.1, -0.05) is 0 Å². The van der Waals surface area contributed by atoms with Crippen molar-refractivity contribution in [2.75, 3.05) is 0 Å². The van der Waals surface area contributed by atoms with Gasteiger partial charge < -0.3 is 0 Å². The molecule has 0 aliphatic heterocycles. The summed E-state index contributed by atoms with van der Waals surface area (Å²) in [5.41, 5.74) is -1.26. The van der Waals surface area contributed by atoms with E-state index in [0.29, 0.717) is 0 Å². The average Bonchev–Trinajstić information content (AvgIpc) is 2.01. The van der Waals surface area contributed by atoms with Gasteiger partial charge in [0.2, 0.25) is 0 Å². The molecule has 0 fully saturated rings. The number of hydrogen-bond acceptors (Lipinski definition) is 3. The van der Waals surface area contributed by atoms with Crippen LogP contribution >= 0.6 is 38.5 Å². The number of nitrogens with zero attached hydrogens (tertiary/aromatic N) is 2. The highest BCUT2D eigenvalue weighted by Crippen LogP contribution is 2.33. The Hall–Kier alpha value is -0.380. The number of pyridine rings is 1. The zero-order chi connectivity index (χ0) is 10.9. The van der Waals surface area contributed by atoms with Crippen molar-refractivity contribution < 1.29 is 13.7 Å². The Bertz CT molecular complexity index is 388. The molecule has 0 atom stereocenters. The van der Waals surface area contributed by atoms with Gasteiger partial charge in [-0.05, 0) is 38.5 Å². The Morgan fingerprint density at radius 3 is 2.64 bits per heavy atom. The molecule has 0 N–H and O–H groups in total. The fourth-order valence-corrected chi connectivity index (χ4v) is 2.33. The molecular weight excluding hydrogens is 377 g/mol. The molecule has 0 bridgehead atoms. The molecule has 0 spiro atoms. The van der Waals surface area contributed by atoms with E-state index in [1.165, 1.54) is 22.6 Å². The summed E-state index contributed by atoms with van der Waals surface area (Å²) in [5, 5.41) is 10.5. The van der Waals surface area contributed by atoms with Crippen molar-refractivity contribution in [1.82, 2.24) is 4.98 Å². The summed E-state index contributed by atoms with van der Waals surface area (Å²) >= 11 is 4.43. The van der Waals surface area contributed by atoms with Gasteiger partial charge in [0.15, 0.2) is 0 Å². The monoisotopic (exact) mass is 378 g/mol. The normalized spacial score (nSPS) is 10.6. The van der Waals surface area contributed by atoms with Crippen LogP contribution < -0.4 is 0 Å². The molecule has 8 heteroatoms. The Kier molecular flexibility index (Phi) is 3.70. The van der Waals surface area contributed by atoms with Gasteiger partial charge in [-0.25, -0.2) is 13.8 Å². The van der Waals surface area contributed by atoms with Crippen LogP contribution in [0.5, 0.6) is 0 Å².